The van der Waals surface area contributed by atoms with Crippen molar-refractivity contribution < 1.29 is 12.8 Å². The van der Waals surface area contributed by atoms with Gasteiger partial charge in [0.15, 0.2) is 0 Å². The number of piperidine rings is 1. The van der Waals surface area contributed by atoms with Crippen LogP contribution in [-0.2, 0) is 10.0 Å². The first-order chi connectivity index (χ1) is 14.7. The molecule has 4 rings (SSSR count). The van der Waals surface area contributed by atoms with Gasteiger partial charge in [0.05, 0.1) is 6.26 Å². The van der Waals surface area contributed by atoms with Crippen LogP contribution in [0.15, 0.2) is 0 Å². The van der Waals surface area contributed by atoms with Gasteiger partial charge in [-0.05, 0) is 81.9 Å². The predicted octanol–water partition coefficient (Wildman–Crippen LogP) is 3.04. The molecule has 4 fully saturated rings. The summed E-state index contributed by atoms with van der Waals surface area (Å²) in [5.74, 6) is 0.811. The second-order valence-corrected chi connectivity index (χ2v) is 12.9. The monoisotopic (exact) mass is 456 g/mol. The number of nitrogens with one attached hydrogen (secondary N) is 2. The standard InChI is InChI=1S/C23H41FN4O2S/c1-17-13-21(26-20-5-3-19(24)4-6-20)18(15-25)14-22(17)27-10-7-23(16-27)8-11-28(12-9-23)31(2,29)30/h15,17-22,25-26H,3-14,16H2,1-2H3. The van der Waals surface area contributed by atoms with E-state index in [1.807, 2.05) is 0 Å². The average molecular weight is 457 g/mol. The third-order valence-electron chi connectivity index (χ3n) is 8.82. The average Bonchev–Trinajstić information content (AvgIpc) is 3.12. The van der Waals surface area contributed by atoms with Crippen molar-refractivity contribution in [1.29, 1.82) is 5.41 Å². The summed E-state index contributed by atoms with van der Waals surface area (Å²) < 4.78 is 38.9. The molecule has 0 radical (unpaired) electrons. The van der Waals surface area contributed by atoms with E-state index in [1.165, 1.54) is 6.26 Å². The van der Waals surface area contributed by atoms with Crippen LogP contribution in [0.25, 0.3) is 0 Å². The van der Waals surface area contributed by atoms with Gasteiger partial charge in [-0.1, -0.05) is 6.92 Å². The smallest absolute Gasteiger partial charge is 0.211 e. The number of halogens is 1. The summed E-state index contributed by atoms with van der Waals surface area (Å²) in [5.41, 5.74) is 0.265. The Kier molecular flexibility index (Phi) is 7.12. The fraction of sp³-hybridized carbons (Fsp3) is 0.957. The Morgan fingerprint density at radius 3 is 2.32 bits per heavy atom. The van der Waals surface area contributed by atoms with Crippen LogP contribution < -0.4 is 5.32 Å². The van der Waals surface area contributed by atoms with Crippen molar-refractivity contribution in [3.8, 4) is 0 Å². The number of hydrogen-bond donors (Lipinski definition) is 2. The Balaban J connectivity index is 1.33. The van der Waals surface area contributed by atoms with Gasteiger partial charge >= 0.3 is 0 Å². The molecule has 2 aliphatic heterocycles. The lowest BCUT2D eigenvalue weighted by Crippen LogP contribution is -2.54. The van der Waals surface area contributed by atoms with Crippen LogP contribution >= 0.6 is 0 Å². The zero-order valence-corrected chi connectivity index (χ0v) is 20.0. The van der Waals surface area contributed by atoms with Crippen LogP contribution in [0.4, 0.5) is 4.39 Å². The Morgan fingerprint density at radius 1 is 1.06 bits per heavy atom. The summed E-state index contributed by atoms with van der Waals surface area (Å²) in [4.78, 5) is 2.65. The van der Waals surface area contributed by atoms with Crippen LogP contribution in [0.5, 0.6) is 0 Å². The molecule has 31 heavy (non-hydrogen) atoms. The molecule has 2 N–H and O–H groups in total. The lowest BCUT2D eigenvalue weighted by atomic mass is 9.74. The summed E-state index contributed by atoms with van der Waals surface area (Å²) in [6.07, 6.45) is 10.7. The van der Waals surface area contributed by atoms with E-state index in [0.717, 1.165) is 58.0 Å². The quantitative estimate of drug-likeness (QED) is 0.624. The van der Waals surface area contributed by atoms with E-state index in [2.05, 4.69) is 17.1 Å². The van der Waals surface area contributed by atoms with Gasteiger partial charge in [0.2, 0.25) is 10.0 Å². The highest BCUT2D eigenvalue weighted by Gasteiger charge is 2.46. The van der Waals surface area contributed by atoms with Crippen molar-refractivity contribution in [2.45, 2.75) is 89.0 Å². The van der Waals surface area contributed by atoms with Crippen molar-refractivity contribution in [3.05, 3.63) is 0 Å². The minimum Gasteiger partial charge on any atom is -0.313 e. The van der Waals surface area contributed by atoms with E-state index in [4.69, 9.17) is 5.41 Å². The normalized spacial score (nSPS) is 40.2. The van der Waals surface area contributed by atoms with Crippen molar-refractivity contribution in [1.82, 2.24) is 14.5 Å². The second kappa shape index (κ2) is 9.35. The molecule has 8 heteroatoms. The van der Waals surface area contributed by atoms with Gasteiger partial charge in [-0.25, -0.2) is 17.1 Å². The molecular weight excluding hydrogens is 415 g/mol. The number of rotatable bonds is 5. The highest BCUT2D eigenvalue weighted by Crippen LogP contribution is 2.44. The Bertz CT molecular complexity index is 732. The molecule has 0 aromatic carbocycles. The molecule has 1 spiro atoms. The zero-order chi connectivity index (χ0) is 22.2. The molecule has 2 heterocycles. The molecule has 4 aliphatic rings. The predicted molar refractivity (Wildman–Crippen MR) is 123 cm³/mol. The summed E-state index contributed by atoms with van der Waals surface area (Å²) in [5, 5.41) is 11.9. The highest BCUT2D eigenvalue weighted by molar-refractivity contribution is 7.88. The van der Waals surface area contributed by atoms with E-state index in [1.54, 1.807) is 10.5 Å². The second-order valence-electron chi connectivity index (χ2n) is 11.0. The summed E-state index contributed by atoms with van der Waals surface area (Å²) >= 11 is 0. The van der Waals surface area contributed by atoms with Crippen LogP contribution in [-0.4, -0.2) is 80.6 Å². The molecule has 2 saturated heterocycles. The van der Waals surface area contributed by atoms with Crippen molar-refractivity contribution >= 4 is 16.2 Å². The van der Waals surface area contributed by atoms with E-state index in [-0.39, 0.29) is 11.3 Å². The molecular formula is C23H41FN4O2S. The molecule has 178 valence electrons. The van der Waals surface area contributed by atoms with Crippen molar-refractivity contribution in [3.63, 3.8) is 0 Å². The molecule has 0 aromatic rings. The molecule has 0 bridgehead atoms. The fourth-order valence-corrected chi connectivity index (χ4v) is 7.61. The minimum absolute atomic E-state index is 0.243. The molecule has 0 amide bonds. The van der Waals surface area contributed by atoms with E-state index in [9.17, 15) is 12.8 Å². The molecule has 2 aliphatic carbocycles. The zero-order valence-electron chi connectivity index (χ0n) is 19.2. The highest BCUT2D eigenvalue weighted by atomic mass is 32.2. The van der Waals surface area contributed by atoms with Gasteiger partial charge < -0.3 is 10.7 Å². The Labute approximate surface area is 187 Å². The van der Waals surface area contributed by atoms with Crippen LogP contribution in [0.1, 0.15) is 64.7 Å². The number of likely N-dealkylation sites (tertiary alicyclic amines) is 1. The minimum atomic E-state index is -3.08. The molecule has 0 aromatic heterocycles. The molecule has 2 saturated carbocycles. The summed E-state index contributed by atoms with van der Waals surface area (Å²) in [7, 11) is -3.08. The van der Waals surface area contributed by atoms with E-state index in [0.29, 0.717) is 50.0 Å². The Hall–Kier alpha value is -0.570. The molecule has 4 atom stereocenters. The van der Waals surface area contributed by atoms with Gasteiger partial charge in [0, 0.05) is 43.7 Å². The van der Waals surface area contributed by atoms with E-state index >= 15 is 0 Å². The van der Waals surface area contributed by atoms with Gasteiger partial charge in [-0.3, -0.25) is 4.90 Å². The van der Waals surface area contributed by atoms with Crippen LogP contribution in [0, 0.1) is 22.7 Å². The number of alkyl halides is 1. The number of hydrogen-bond acceptors (Lipinski definition) is 5. The van der Waals surface area contributed by atoms with Gasteiger partial charge in [-0.2, -0.15) is 0 Å². The maximum atomic E-state index is 13.5. The van der Waals surface area contributed by atoms with Crippen LogP contribution in [0.2, 0.25) is 0 Å². The third kappa shape index (κ3) is 5.33. The number of nitrogens with zero attached hydrogens (tertiary/aromatic N) is 2. The van der Waals surface area contributed by atoms with Crippen LogP contribution in [0.3, 0.4) is 0 Å². The first kappa shape index (κ1) is 23.6. The topological polar surface area (TPSA) is 76.5 Å². The first-order valence-electron chi connectivity index (χ1n) is 12.3. The van der Waals surface area contributed by atoms with Crippen molar-refractivity contribution in [2.75, 3.05) is 32.4 Å². The largest absolute Gasteiger partial charge is 0.313 e. The first-order valence-corrected chi connectivity index (χ1v) is 14.1. The van der Waals surface area contributed by atoms with Gasteiger partial charge in [0.25, 0.3) is 0 Å². The summed E-state index contributed by atoms with van der Waals surface area (Å²) in [6, 6.07) is 1.23. The number of sulfonamides is 1. The lowest BCUT2D eigenvalue weighted by molar-refractivity contribution is 0.0761. The Morgan fingerprint density at radius 2 is 1.71 bits per heavy atom. The molecule has 4 unspecified atom stereocenters. The lowest BCUT2D eigenvalue weighted by Gasteiger charge is -2.45. The maximum Gasteiger partial charge on any atom is 0.211 e. The SMILES string of the molecule is CC1CC(NC2CCC(F)CC2)C(C=N)CC1N1CCC2(CCN(S(C)(=O)=O)CC2)C1. The third-order valence-corrected chi connectivity index (χ3v) is 10.1. The summed E-state index contributed by atoms with van der Waals surface area (Å²) in [6.45, 7) is 5.83. The molecule has 6 nitrogen and oxygen atoms in total. The fourth-order valence-electron chi connectivity index (χ4n) is 6.77. The van der Waals surface area contributed by atoms with Gasteiger partial charge in [-0.15, -0.1) is 0 Å². The van der Waals surface area contributed by atoms with Gasteiger partial charge in [0.1, 0.15) is 6.17 Å². The maximum absolute atomic E-state index is 13.5. The van der Waals surface area contributed by atoms with E-state index < -0.39 is 16.2 Å². The van der Waals surface area contributed by atoms with Crippen molar-refractivity contribution in [2.24, 2.45) is 17.3 Å².